The summed E-state index contributed by atoms with van der Waals surface area (Å²) in [7, 11) is 0. The van der Waals surface area contributed by atoms with Gasteiger partial charge in [0, 0.05) is 19.1 Å². The van der Waals surface area contributed by atoms with E-state index in [0.29, 0.717) is 6.04 Å². The van der Waals surface area contributed by atoms with Crippen LogP contribution in [0.5, 0.6) is 0 Å². The molecule has 0 atom stereocenters. The maximum absolute atomic E-state index is 3.47. The van der Waals surface area contributed by atoms with Crippen LogP contribution in [0.3, 0.4) is 0 Å². The minimum absolute atomic E-state index is 0.249. The molecule has 0 bridgehead atoms. The van der Waals surface area contributed by atoms with Crippen molar-refractivity contribution in [2.24, 2.45) is 0 Å². The zero-order valence-electron chi connectivity index (χ0n) is 13.2. The predicted octanol–water partition coefficient (Wildman–Crippen LogP) is 3.11. The summed E-state index contributed by atoms with van der Waals surface area (Å²) >= 11 is 0. The molecule has 0 aliphatic heterocycles. The van der Waals surface area contributed by atoms with E-state index in [1.807, 2.05) is 0 Å². The van der Waals surface area contributed by atoms with Crippen LogP contribution in [0.1, 0.15) is 45.7 Å². The molecular formula is C17H30N2. The second-order valence-electron chi connectivity index (χ2n) is 6.56. The van der Waals surface area contributed by atoms with Gasteiger partial charge in [-0.05, 0) is 29.5 Å². The fraction of sp³-hybridized carbons (Fsp3) is 0.647. The molecule has 0 fully saturated rings. The van der Waals surface area contributed by atoms with Gasteiger partial charge in [-0.15, -0.1) is 0 Å². The van der Waals surface area contributed by atoms with Crippen molar-refractivity contribution >= 4 is 0 Å². The first-order chi connectivity index (χ1) is 8.89. The second kappa shape index (κ2) is 7.66. The molecule has 0 saturated heterocycles. The van der Waals surface area contributed by atoms with E-state index in [4.69, 9.17) is 0 Å². The third kappa shape index (κ3) is 6.74. The number of rotatable bonds is 7. The van der Waals surface area contributed by atoms with Crippen LogP contribution in [0.15, 0.2) is 24.3 Å². The number of benzene rings is 1. The van der Waals surface area contributed by atoms with Crippen molar-refractivity contribution in [2.75, 3.05) is 19.6 Å². The van der Waals surface area contributed by atoms with Crippen molar-refractivity contribution in [3.05, 3.63) is 35.4 Å². The largest absolute Gasteiger partial charge is 0.315 e. The zero-order chi connectivity index (χ0) is 14.3. The second-order valence-corrected chi connectivity index (χ2v) is 6.56. The molecule has 0 aliphatic carbocycles. The molecule has 2 heteroatoms. The van der Waals surface area contributed by atoms with Crippen LogP contribution in [-0.2, 0) is 11.8 Å². The van der Waals surface area contributed by atoms with Gasteiger partial charge >= 0.3 is 0 Å². The summed E-state index contributed by atoms with van der Waals surface area (Å²) in [6, 6.07) is 9.61. The first kappa shape index (κ1) is 16.2. The van der Waals surface area contributed by atoms with E-state index < -0.39 is 0 Å². The summed E-state index contributed by atoms with van der Waals surface area (Å²) < 4.78 is 0. The van der Waals surface area contributed by atoms with E-state index in [1.165, 1.54) is 11.1 Å². The topological polar surface area (TPSA) is 24.1 Å². The van der Waals surface area contributed by atoms with E-state index in [0.717, 1.165) is 26.1 Å². The lowest BCUT2D eigenvalue weighted by molar-refractivity contribution is 0.556. The van der Waals surface area contributed by atoms with Gasteiger partial charge in [0.15, 0.2) is 0 Å². The van der Waals surface area contributed by atoms with Crippen LogP contribution in [0.4, 0.5) is 0 Å². The van der Waals surface area contributed by atoms with Crippen molar-refractivity contribution in [1.29, 1.82) is 0 Å². The predicted molar refractivity (Wildman–Crippen MR) is 84.9 cm³/mol. The number of hydrogen-bond acceptors (Lipinski definition) is 2. The summed E-state index contributed by atoms with van der Waals surface area (Å²) in [5, 5.41) is 6.88. The third-order valence-electron chi connectivity index (χ3n) is 3.26. The van der Waals surface area contributed by atoms with Crippen molar-refractivity contribution < 1.29 is 0 Å². The molecule has 0 heterocycles. The van der Waals surface area contributed by atoms with Crippen molar-refractivity contribution in [2.45, 2.75) is 52.5 Å². The average molecular weight is 262 g/mol. The van der Waals surface area contributed by atoms with Crippen molar-refractivity contribution in [3.63, 3.8) is 0 Å². The van der Waals surface area contributed by atoms with Crippen LogP contribution in [0.2, 0.25) is 0 Å². The minimum atomic E-state index is 0.249. The van der Waals surface area contributed by atoms with Crippen LogP contribution in [-0.4, -0.2) is 25.7 Å². The number of nitrogens with one attached hydrogen (secondary N) is 2. The third-order valence-corrected chi connectivity index (χ3v) is 3.26. The molecule has 0 amide bonds. The summed E-state index contributed by atoms with van der Waals surface area (Å²) in [5.74, 6) is 0. The summed E-state index contributed by atoms with van der Waals surface area (Å²) in [4.78, 5) is 0. The molecule has 1 rings (SSSR count). The molecule has 0 aliphatic rings. The van der Waals surface area contributed by atoms with E-state index in [1.54, 1.807) is 0 Å². The maximum Gasteiger partial charge on any atom is 0.00790 e. The molecule has 0 unspecified atom stereocenters. The van der Waals surface area contributed by atoms with Gasteiger partial charge in [-0.25, -0.2) is 0 Å². The molecular weight excluding hydrogens is 232 g/mol. The van der Waals surface area contributed by atoms with Gasteiger partial charge in [0.1, 0.15) is 0 Å². The van der Waals surface area contributed by atoms with Crippen LogP contribution in [0, 0.1) is 0 Å². The molecule has 1 aromatic carbocycles. The molecule has 0 aromatic heterocycles. The molecule has 19 heavy (non-hydrogen) atoms. The van der Waals surface area contributed by atoms with Gasteiger partial charge in [0.05, 0.1) is 0 Å². The molecule has 1 aromatic rings. The molecule has 0 saturated carbocycles. The Morgan fingerprint density at radius 1 is 0.947 bits per heavy atom. The van der Waals surface area contributed by atoms with Crippen LogP contribution < -0.4 is 10.6 Å². The van der Waals surface area contributed by atoms with Gasteiger partial charge in [-0.3, -0.25) is 0 Å². The minimum Gasteiger partial charge on any atom is -0.315 e. The first-order valence-electron chi connectivity index (χ1n) is 7.43. The number of hydrogen-bond donors (Lipinski definition) is 2. The Bertz CT molecular complexity index is 347. The first-order valence-corrected chi connectivity index (χ1v) is 7.43. The average Bonchev–Trinajstić information content (AvgIpc) is 2.32. The molecule has 2 nitrogen and oxygen atoms in total. The summed E-state index contributed by atoms with van der Waals surface area (Å²) in [6.07, 6.45) is 1.10. The highest BCUT2D eigenvalue weighted by Gasteiger charge is 2.12. The van der Waals surface area contributed by atoms with E-state index in [9.17, 15) is 0 Å². The molecule has 2 N–H and O–H groups in total. The van der Waals surface area contributed by atoms with E-state index in [-0.39, 0.29) is 5.41 Å². The SMILES string of the molecule is CC(C)NCCNCCc1ccc(C(C)(C)C)cc1. The summed E-state index contributed by atoms with van der Waals surface area (Å²) in [6.45, 7) is 14.3. The van der Waals surface area contributed by atoms with E-state index >= 15 is 0 Å². The quantitative estimate of drug-likeness (QED) is 0.738. The highest BCUT2D eigenvalue weighted by Crippen LogP contribution is 2.22. The van der Waals surface area contributed by atoms with Gasteiger partial charge in [-0.2, -0.15) is 0 Å². The lowest BCUT2D eigenvalue weighted by Crippen LogP contribution is -2.32. The molecule has 0 spiro atoms. The fourth-order valence-corrected chi connectivity index (χ4v) is 1.98. The normalized spacial score (nSPS) is 12.1. The van der Waals surface area contributed by atoms with E-state index in [2.05, 4.69) is 69.5 Å². The Balaban J connectivity index is 2.23. The van der Waals surface area contributed by atoms with Crippen molar-refractivity contribution in [1.82, 2.24) is 10.6 Å². The standard InChI is InChI=1S/C17H30N2/c1-14(2)19-13-12-18-11-10-15-6-8-16(9-7-15)17(3,4)5/h6-9,14,18-19H,10-13H2,1-5H3. The maximum atomic E-state index is 3.47. The zero-order valence-corrected chi connectivity index (χ0v) is 13.2. The lowest BCUT2D eigenvalue weighted by Gasteiger charge is -2.19. The smallest absolute Gasteiger partial charge is 0.00790 e. The van der Waals surface area contributed by atoms with Gasteiger partial charge in [-0.1, -0.05) is 58.9 Å². The highest BCUT2D eigenvalue weighted by atomic mass is 14.9. The van der Waals surface area contributed by atoms with Crippen molar-refractivity contribution in [3.8, 4) is 0 Å². The van der Waals surface area contributed by atoms with Gasteiger partial charge in [0.2, 0.25) is 0 Å². The molecule has 108 valence electrons. The van der Waals surface area contributed by atoms with Crippen LogP contribution in [0.25, 0.3) is 0 Å². The fourth-order valence-electron chi connectivity index (χ4n) is 1.98. The summed E-state index contributed by atoms with van der Waals surface area (Å²) in [5.41, 5.74) is 3.07. The highest BCUT2D eigenvalue weighted by molar-refractivity contribution is 5.27. The Labute approximate surface area is 119 Å². The monoisotopic (exact) mass is 262 g/mol. The Hall–Kier alpha value is -0.860. The van der Waals surface area contributed by atoms with Gasteiger partial charge < -0.3 is 10.6 Å². The Kier molecular flexibility index (Phi) is 6.53. The lowest BCUT2D eigenvalue weighted by atomic mass is 9.86. The Morgan fingerprint density at radius 3 is 2.11 bits per heavy atom. The Morgan fingerprint density at radius 2 is 1.58 bits per heavy atom. The van der Waals surface area contributed by atoms with Crippen LogP contribution >= 0.6 is 0 Å². The van der Waals surface area contributed by atoms with Gasteiger partial charge in [0.25, 0.3) is 0 Å². The molecule has 0 radical (unpaired) electrons.